The average molecular weight is 292 g/mol. The number of ether oxygens (including phenoxy) is 1. The summed E-state index contributed by atoms with van der Waals surface area (Å²) in [5.74, 6) is 0.149. The fourth-order valence-electron chi connectivity index (χ4n) is 2.27. The van der Waals surface area contributed by atoms with Crippen LogP contribution >= 0.6 is 0 Å². The van der Waals surface area contributed by atoms with Gasteiger partial charge >= 0.3 is 5.97 Å². The Morgan fingerprint density at radius 3 is 2.63 bits per heavy atom. The molecule has 1 N–H and O–H groups in total. The van der Waals surface area contributed by atoms with E-state index in [0.29, 0.717) is 26.1 Å². The van der Waals surface area contributed by atoms with Gasteiger partial charge in [0.15, 0.2) is 9.84 Å². The monoisotopic (exact) mass is 292 g/mol. The lowest BCUT2D eigenvalue weighted by atomic mass is 10.2. The first-order valence-corrected chi connectivity index (χ1v) is 8.52. The first-order valence-electron chi connectivity index (χ1n) is 6.70. The third-order valence-electron chi connectivity index (χ3n) is 3.32. The van der Waals surface area contributed by atoms with Crippen LogP contribution < -0.4 is 5.32 Å². The van der Waals surface area contributed by atoms with Crippen molar-refractivity contribution in [3.63, 3.8) is 0 Å². The quantitative estimate of drug-likeness (QED) is 0.646. The van der Waals surface area contributed by atoms with E-state index in [4.69, 9.17) is 4.74 Å². The van der Waals surface area contributed by atoms with Crippen molar-refractivity contribution >= 4 is 15.8 Å². The maximum absolute atomic E-state index is 11.8. The zero-order valence-corrected chi connectivity index (χ0v) is 12.7. The van der Waals surface area contributed by atoms with Crippen molar-refractivity contribution in [1.82, 2.24) is 10.2 Å². The molecule has 7 heteroatoms. The van der Waals surface area contributed by atoms with Gasteiger partial charge in [-0.15, -0.1) is 0 Å². The van der Waals surface area contributed by atoms with Crippen LogP contribution in [0.4, 0.5) is 0 Å². The van der Waals surface area contributed by atoms with Crippen molar-refractivity contribution in [1.29, 1.82) is 0 Å². The number of carbonyl (C=O) groups is 1. The molecule has 0 aromatic carbocycles. The molecule has 0 amide bonds. The number of carbonyl (C=O) groups excluding carboxylic acids is 1. The molecule has 1 aliphatic heterocycles. The number of rotatable bonds is 7. The zero-order chi connectivity index (χ0) is 14.5. The van der Waals surface area contributed by atoms with Crippen molar-refractivity contribution in [3.8, 4) is 0 Å². The van der Waals surface area contributed by atoms with E-state index in [1.54, 1.807) is 6.92 Å². The number of hydrogen-bond donors (Lipinski definition) is 1. The summed E-state index contributed by atoms with van der Waals surface area (Å²) in [6.07, 6.45) is 0.639. The van der Waals surface area contributed by atoms with Gasteiger partial charge in [-0.25, -0.2) is 8.42 Å². The topological polar surface area (TPSA) is 75.7 Å². The van der Waals surface area contributed by atoms with Gasteiger partial charge in [0.1, 0.15) is 6.04 Å². The predicted octanol–water partition coefficient (Wildman–Crippen LogP) is -0.353. The van der Waals surface area contributed by atoms with Gasteiger partial charge in [0, 0.05) is 12.6 Å². The van der Waals surface area contributed by atoms with Crippen LogP contribution in [0.3, 0.4) is 0 Å². The zero-order valence-electron chi connectivity index (χ0n) is 11.9. The van der Waals surface area contributed by atoms with Crippen LogP contribution in [0.5, 0.6) is 0 Å². The van der Waals surface area contributed by atoms with Crippen molar-refractivity contribution in [3.05, 3.63) is 0 Å². The highest BCUT2D eigenvalue weighted by Gasteiger charge is 2.32. The molecule has 112 valence electrons. The number of likely N-dealkylation sites (N-methyl/N-ethyl adjacent to an activating group) is 2. The summed E-state index contributed by atoms with van der Waals surface area (Å²) in [7, 11) is -1.04. The average Bonchev–Trinajstić information content (AvgIpc) is 2.69. The molecule has 0 spiro atoms. The highest BCUT2D eigenvalue weighted by molar-refractivity contribution is 7.91. The van der Waals surface area contributed by atoms with Crippen molar-refractivity contribution < 1.29 is 17.9 Å². The van der Waals surface area contributed by atoms with Crippen LogP contribution in [-0.4, -0.2) is 69.6 Å². The van der Waals surface area contributed by atoms with Gasteiger partial charge in [-0.05, 0) is 26.9 Å². The minimum absolute atomic E-state index is 0.000539. The molecule has 1 saturated heterocycles. The molecule has 0 aliphatic carbocycles. The molecule has 0 aromatic rings. The van der Waals surface area contributed by atoms with E-state index in [1.165, 1.54) is 0 Å². The molecule has 0 radical (unpaired) electrons. The summed E-state index contributed by atoms with van der Waals surface area (Å²) in [6, 6.07) is -0.404. The Labute approximate surface area is 115 Å². The largest absolute Gasteiger partial charge is 0.465 e. The van der Waals surface area contributed by atoms with Crippen LogP contribution in [0.1, 0.15) is 20.3 Å². The molecular weight excluding hydrogens is 268 g/mol. The molecule has 1 rings (SSSR count). The molecule has 2 atom stereocenters. The number of esters is 1. The summed E-state index contributed by atoms with van der Waals surface area (Å²) in [6.45, 7) is 5.18. The van der Waals surface area contributed by atoms with E-state index in [9.17, 15) is 13.2 Å². The summed E-state index contributed by atoms with van der Waals surface area (Å²) < 4.78 is 27.9. The second-order valence-electron chi connectivity index (χ2n) is 4.86. The van der Waals surface area contributed by atoms with Gasteiger partial charge in [0.2, 0.25) is 0 Å². The fraction of sp³-hybridized carbons (Fsp3) is 0.917. The Morgan fingerprint density at radius 2 is 2.16 bits per heavy atom. The summed E-state index contributed by atoms with van der Waals surface area (Å²) in [5.41, 5.74) is 0. The predicted molar refractivity (Wildman–Crippen MR) is 73.8 cm³/mol. The van der Waals surface area contributed by atoms with Gasteiger partial charge in [-0.3, -0.25) is 4.79 Å². The molecule has 0 aromatic heterocycles. The summed E-state index contributed by atoms with van der Waals surface area (Å²) >= 11 is 0. The van der Waals surface area contributed by atoms with Gasteiger partial charge in [-0.1, -0.05) is 6.92 Å². The van der Waals surface area contributed by atoms with Gasteiger partial charge in [-0.2, -0.15) is 0 Å². The van der Waals surface area contributed by atoms with E-state index in [0.717, 1.165) is 0 Å². The smallest absolute Gasteiger partial charge is 0.324 e. The fourth-order valence-corrected chi connectivity index (χ4v) is 4.08. The molecule has 1 fully saturated rings. The SMILES string of the molecule is CCNC(CN(C)C1CCS(=O)(=O)C1)C(=O)OCC. The highest BCUT2D eigenvalue weighted by Crippen LogP contribution is 2.16. The lowest BCUT2D eigenvalue weighted by Gasteiger charge is -2.27. The van der Waals surface area contributed by atoms with Gasteiger partial charge < -0.3 is 15.0 Å². The Hall–Kier alpha value is -0.660. The van der Waals surface area contributed by atoms with Crippen LogP contribution in [0.15, 0.2) is 0 Å². The second kappa shape index (κ2) is 7.21. The molecule has 1 aliphatic rings. The van der Waals surface area contributed by atoms with Crippen molar-refractivity contribution in [2.75, 3.05) is 38.2 Å². The summed E-state index contributed by atoms with van der Waals surface area (Å²) in [4.78, 5) is 13.7. The lowest BCUT2D eigenvalue weighted by molar-refractivity contribution is -0.146. The summed E-state index contributed by atoms with van der Waals surface area (Å²) in [5, 5.41) is 3.08. The Kier molecular flexibility index (Phi) is 6.22. The molecule has 1 heterocycles. The second-order valence-corrected chi connectivity index (χ2v) is 7.09. The lowest BCUT2D eigenvalue weighted by Crippen LogP contribution is -2.48. The minimum Gasteiger partial charge on any atom is -0.465 e. The molecule has 0 bridgehead atoms. The molecular formula is C12H24N2O4S. The Morgan fingerprint density at radius 1 is 1.47 bits per heavy atom. The van der Waals surface area contributed by atoms with Crippen molar-refractivity contribution in [2.45, 2.75) is 32.4 Å². The van der Waals surface area contributed by atoms with Crippen LogP contribution in [-0.2, 0) is 19.4 Å². The minimum atomic E-state index is -2.90. The molecule has 6 nitrogen and oxygen atoms in total. The first-order chi connectivity index (χ1) is 8.89. The number of nitrogens with zero attached hydrogens (tertiary/aromatic N) is 1. The Bertz CT molecular complexity index is 397. The Balaban J connectivity index is 2.56. The van der Waals surface area contributed by atoms with Crippen LogP contribution in [0.25, 0.3) is 0 Å². The third kappa shape index (κ3) is 5.08. The maximum atomic E-state index is 11.8. The number of hydrogen-bond acceptors (Lipinski definition) is 6. The highest BCUT2D eigenvalue weighted by atomic mass is 32.2. The standard InChI is InChI=1S/C12H24N2O4S/c1-4-13-11(12(15)18-5-2)8-14(3)10-6-7-19(16,17)9-10/h10-11,13H,4-9H2,1-3H3. The normalized spacial score (nSPS) is 23.5. The van der Waals surface area contributed by atoms with Crippen LogP contribution in [0.2, 0.25) is 0 Å². The van der Waals surface area contributed by atoms with E-state index in [1.807, 2.05) is 18.9 Å². The van der Waals surface area contributed by atoms with E-state index >= 15 is 0 Å². The van der Waals surface area contributed by atoms with E-state index in [2.05, 4.69) is 5.32 Å². The number of sulfone groups is 1. The van der Waals surface area contributed by atoms with E-state index < -0.39 is 15.9 Å². The number of nitrogens with one attached hydrogen (secondary N) is 1. The van der Waals surface area contributed by atoms with Crippen molar-refractivity contribution in [2.24, 2.45) is 0 Å². The van der Waals surface area contributed by atoms with Gasteiger partial charge in [0.25, 0.3) is 0 Å². The molecule has 19 heavy (non-hydrogen) atoms. The molecule has 0 saturated carbocycles. The van der Waals surface area contributed by atoms with Crippen LogP contribution in [0, 0.1) is 0 Å². The third-order valence-corrected chi connectivity index (χ3v) is 5.07. The van der Waals surface area contributed by atoms with E-state index in [-0.39, 0.29) is 23.5 Å². The first kappa shape index (κ1) is 16.4. The molecule has 2 unspecified atom stereocenters. The van der Waals surface area contributed by atoms with Gasteiger partial charge in [0.05, 0.1) is 18.1 Å². The maximum Gasteiger partial charge on any atom is 0.324 e.